The van der Waals surface area contributed by atoms with Crippen LogP contribution in [0.5, 0.6) is 0 Å². The van der Waals surface area contributed by atoms with Crippen LogP contribution in [0.25, 0.3) is 0 Å². The van der Waals surface area contributed by atoms with Crippen LogP contribution in [0, 0.1) is 62.6 Å². The normalized spacial score (nSPS) is 38.7. The lowest BCUT2D eigenvalue weighted by Crippen LogP contribution is -2.68. The highest BCUT2D eigenvalue weighted by Gasteiger charge is 2.71. The highest BCUT2D eigenvalue weighted by atomic mass is 16.5. The molecule has 0 radical (unpaired) electrons. The third-order valence-electron chi connectivity index (χ3n) is 17.9. The third kappa shape index (κ3) is 6.08. The molecule has 2 amide bonds. The van der Waals surface area contributed by atoms with Crippen molar-refractivity contribution in [3.8, 4) is 0 Å². The van der Waals surface area contributed by atoms with Crippen LogP contribution in [0.15, 0.2) is 29.5 Å². The van der Waals surface area contributed by atoms with E-state index in [2.05, 4.69) is 64.1 Å². The molecule has 5 fully saturated rings. The number of allylic oxidation sites excluding steroid dienone is 1. The predicted molar refractivity (Wildman–Crippen MR) is 221 cm³/mol. The Hall–Kier alpha value is -3.76. The number of nitrogens with one attached hydrogen (secondary N) is 2. The number of hydrogen-bond donors (Lipinski definition) is 4. The van der Waals surface area contributed by atoms with Gasteiger partial charge in [0.25, 0.3) is 5.91 Å². The third-order valence-corrected chi connectivity index (χ3v) is 17.9. The summed E-state index contributed by atoms with van der Waals surface area (Å²) in [4.78, 5) is 71.2. The van der Waals surface area contributed by atoms with E-state index in [0.717, 1.165) is 56.1 Å². The van der Waals surface area contributed by atoms with E-state index in [1.807, 2.05) is 13.8 Å². The van der Waals surface area contributed by atoms with Crippen LogP contribution in [0.4, 0.5) is 5.82 Å². The summed E-state index contributed by atoms with van der Waals surface area (Å²) >= 11 is 0. The smallest absolute Gasteiger partial charge is 0.309 e. The summed E-state index contributed by atoms with van der Waals surface area (Å²) in [6, 6.07) is 3.14. The summed E-state index contributed by atoms with van der Waals surface area (Å²) in [5.74, 6) is -1.47. The van der Waals surface area contributed by atoms with Crippen molar-refractivity contribution in [2.24, 2.45) is 62.6 Å². The molecule has 5 saturated carbocycles. The summed E-state index contributed by atoms with van der Waals surface area (Å²) in [7, 11) is 0. The van der Waals surface area contributed by atoms with Gasteiger partial charge in [0.2, 0.25) is 5.91 Å². The summed E-state index contributed by atoms with van der Waals surface area (Å²) in [6.07, 6.45) is 8.98. The zero-order valence-corrected chi connectivity index (χ0v) is 36.8. The first kappa shape index (κ1) is 42.4. The molecule has 5 N–H and O–H groups in total. The molecule has 1 aromatic heterocycles. The number of amides is 2. The number of nitrogens with two attached hydrogens (primary N) is 1. The molecule has 6 aliphatic carbocycles. The second kappa shape index (κ2) is 13.6. The maximum atomic E-state index is 14.3. The first-order valence-corrected chi connectivity index (χ1v) is 21.8. The van der Waals surface area contributed by atoms with E-state index in [-0.39, 0.29) is 63.7 Å². The Morgan fingerprint density at radius 2 is 1.57 bits per heavy atom. The largest absolute Gasteiger partial charge is 0.481 e. The Morgan fingerprint density at radius 1 is 0.879 bits per heavy atom. The van der Waals surface area contributed by atoms with E-state index in [4.69, 9.17) is 10.5 Å². The van der Waals surface area contributed by atoms with Crippen LogP contribution in [0.1, 0.15) is 151 Å². The molecule has 0 bridgehead atoms. The number of hydrogen-bond acceptors (Lipinski definition) is 8. The van der Waals surface area contributed by atoms with E-state index < -0.39 is 40.2 Å². The average Bonchev–Trinajstić information content (AvgIpc) is 3.41. The Morgan fingerprint density at radius 3 is 2.17 bits per heavy atom. The van der Waals surface area contributed by atoms with Crippen molar-refractivity contribution in [3.63, 3.8) is 0 Å². The predicted octanol–water partition coefficient (Wildman–Crippen LogP) is 7.68. The van der Waals surface area contributed by atoms with Crippen LogP contribution >= 0.6 is 0 Å². The molecule has 7 rings (SSSR count). The topological polar surface area (TPSA) is 178 Å². The zero-order valence-electron chi connectivity index (χ0n) is 36.8. The van der Waals surface area contributed by atoms with Crippen LogP contribution in [-0.2, 0) is 23.9 Å². The van der Waals surface area contributed by atoms with Crippen molar-refractivity contribution in [3.05, 3.63) is 35.0 Å². The average molecular weight is 801 g/mol. The minimum atomic E-state index is -1.27. The van der Waals surface area contributed by atoms with E-state index in [1.165, 1.54) is 6.20 Å². The summed E-state index contributed by atoms with van der Waals surface area (Å²) in [5, 5.41) is 16.0. The Kier molecular flexibility index (Phi) is 9.96. The number of carboxylic acid groups (broad SMARTS) is 1. The second-order valence-electron chi connectivity index (χ2n) is 22.1. The van der Waals surface area contributed by atoms with Gasteiger partial charge in [-0.1, -0.05) is 62.3 Å². The van der Waals surface area contributed by atoms with Crippen LogP contribution in [0.2, 0.25) is 0 Å². The lowest BCUT2D eigenvalue weighted by Gasteiger charge is -2.72. The standard InChI is InChI=1S/C47H68N4O7/c1-25(2)35-30(52)23-47(51-40(57)43(7,8)50-37(53)26-12-15-34(48)49-24-26)21-20-45(10)27(36(35)47)13-14-32-44(9)18-17-33(42(5,6)31(44)16-19-46(32,45)11)58-39(56)29-22-28(38(54)55)41(29,3)4/h12,15,24-25,27-29,31-33H,13-14,16-23H2,1-11H3,(H2,48,49)(H,50,53)(H,51,57)(H,54,55)/t27-,28+,29-,31+,32-,33+,44+,45-,46-,47-/m1/s1. The molecule has 1 heterocycles. The van der Waals surface area contributed by atoms with Gasteiger partial charge in [-0.25, -0.2) is 4.98 Å². The van der Waals surface area contributed by atoms with Crippen molar-refractivity contribution in [1.29, 1.82) is 0 Å². The van der Waals surface area contributed by atoms with Crippen molar-refractivity contribution in [2.45, 2.75) is 158 Å². The molecular formula is C47H68N4O7. The lowest BCUT2D eigenvalue weighted by atomic mass is 9.33. The molecule has 6 aliphatic rings. The van der Waals surface area contributed by atoms with Gasteiger partial charge in [0.15, 0.2) is 5.78 Å². The first-order chi connectivity index (χ1) is 26.8. The summed E-state index contributed by atoms with van der Waals surface area (Å²) in [6.45, 7) is 23.4. The molecule has 58 heavy (non-hydrogen) atoms. The number of aliphatic carboxylic acids is 1. The molecule has 318 valence electrons. The van der Waals surface area contributed by atoms with Gasteiger partial charge in [-0.3, -0.25) is 24.0 Å². The lowest BCUT2D eigenvalue weighted by molar-refractivity contribution is -0.235. The second-order valence-corrected chi connectivity index (χ2v) is 22.1. The highest BCUT2D eigenvalue weighted by molar-refractivity contribution is 6.03. The fourth-order valence-electron chi connectivity index (χ4n) is 14.2. The van der Waals surface area contributed by atoms with Crippen LogP contribution in [0.3, 0.4) is 0 Å². The van der Waals surface area contributed by atoms with Gasteiger partial charge >= 0.3 is 11.9 Å². The number of nitrogens with zero attached hydrogens (tertiary/aromatic N) is 1. The number of aromatic nitrogens is 1. The molecule has 0 aromatic carbocycles. The Balaban J connectivity index is 1.13. The van der Waals surface area contributed by atoms with Gasteiger partial charge in [0.05, 0.1) is 22.9 Å². The van der Waals surface area contributed by atoms with Gasteiger partial charge in [-0.05, 0) is 140 Å². The number of pyridine rings is 1. The van der Waals surface area contributed by atoms with Gasteiger partial charge in [-0.2, -0.15) is 0 Å². The van der Waals surface area contributed by atoms with Gasteiger partial charge in [0, 0.05) is 18.0 Å². The number of Topliss-reactive ketones (excluding diaryl/α,β-unsaturated/α-hetero) is 1. The number of nitrogen functional groups attached to an aromatic ring is 1. The molecule has 0 aliphatic heterocycles. The minimum Gasteiger partial charge on any atom is -0.481 e. The number of carboxylic acids is 1. The minimum absolute atomic E-state index is 0.00690. The van der Waals surface area contributed by atoms with Crippen molar-refractivity contribution in [1.82, 2.24) is 15.6 Å². The van der Waals surface area contributed by atoms with E-state index in [9.17, 15) is 29.1 Å². The van der Waals surface area contributed by atoms with Crippen molar-refractivity contribution in [2.75, 3.05) is 5.73 Å². The van der Waals surface area contributed by atoms with Crippen LogP contribution in [-0.4, -0.2) is 56.8 Å². The zero-order chi connectivity index (χ0) is 42.8. The number of esters is 1. The van der Waals surface area contributed by atoms with Gasteiger partial charge < -0.3 is 26.2 Å². The van der Waals surface area contributed by atoms with Crippen LogP contribution < -0.4 is 16.4 Å². The van der Waals surface area contributed by atoms with E-state index >= 15 is 0 Å². The molecule has 1 aromatic rings. The van der Waals surface area contributed by atoms with Crippen molar-refractivity contribution >= 4 is 35.4 Å². The quantitative estimate of drug-likeness (QED) is 0.192. The Bertz CT molecular complexity index is 1950. The number of carbonyl (C=O) groups is 5. The summed E-state index contributed by atoms with van der Waals surface area (Å²) in [5.41, 5.74) is 4.95. The molecule has 11 heteroatoms. The SMILES string of the molecule is CC(C)C1=C2[C@H]3CC[C@@H]4[C@@]5(C)CC[C@H](OC(=O)[C@H]6C[C@@H](C(=O)O)C6(C)C)C(C)(C)[C@@H]5CC[C@@]4(C)[C@]3(C)CC[C@@]2(NC(=O)C(C)(C)NC(=O)c2ccc(N)nc2)CC1=O. The number of ketones is 1. The fourth-order valence-corrected chi connectivity index (χ4v) is 14.2. The first-order valence-electron chi connectivity index (χ1n) is 21.8. The molecule has 11 nitrogen and oxygen atoms in total. The number of rotatable bonds is 8. The number of ether oxygens (including phenoxy) is 1. The molecule has 10 atom stereocenters. The maximum absolute atomic E-state index is 14.3. The van der Waals surface area contributed by atoms with Gasteiger partial charge in [0.1, 0.15) is 17.5 Å². The molecule has 0 saturated heterocycles. The van der Waals surface area contributed by atoms with E-state index in [1.54, 1.807) is 26.0 Å². The van der Waals surface area contributed by atoms with Gasteiger partial charge in [-0.15, -0.1) is 0 Å². The Labute approximate surface area is 344 Å². The maximum Gasteiger partial charge on any atom is 0.309 e. The summed E-state index contributed by atoms with van der Waals surface area (Å²) < 4.78 is 6.41. The molecule has 0 spiro atoms. The van der Waals surface area contributed by atoms with Crippen molar-refractivity contribution < 1.29 is 33.8 Å². The molecule has 0 unspecified atom stereocenters. The monoisotopic (exact) mass is 801 g/mol. The number of carbonyl (C=O) groups excluding carboxylic acids is 4. The van der Waals surface area contributed by atoms with E-state index in [0.29, 0.717) is 36.1 Å². The number of fused-ring (bicyclic) bond motifs is 7. The fraction of sp³-hybridized carbons (Fsp3) is 0.745. The highest BCUT2D eigenvalue weighted by Crippen LogP contribution is 2.76. The number of anilines is 1. The molecular weight excluding hydrogens is 733 g/mol.